The van der Waals surface area contributed by atoms with Gasteiger partial charge < -0.3 is 10.2 Å². The van der Waals surface area contributed by atoms with Crippen molar-refractivity contribution in [1.29, 1.82) is 0 Å². The quantitative estimate of drug-likeness (QED) is 0.928. The number of halogens is 1. The van der Waals surface area contributed by atoms with E-state index in [1.165, 1.54) is 6.20 Å². The van der Waals surface area contributed by atoms with Crippen LogP contribution in [-0.4, -0.2) is 34.8 Å². The van der Waals surface area contributed by atoms with Gasteiger partial charge in [-0.05, 0) is 42.7 Å². The maximum Gasteiger partial charge on any atom is 0.270 e. The van der Waals surface area contributed by atoms with Crippen LogP contribution in [0.25, 0.3) is 0 Å². The molecule has 0 aliphatic carbocycles. The highest BCUT2D eigenvalue weighted by Crippen LogP contribution is 2.13. The number of benzene rings is 1. The summed E-state index contributed by atoms with van der Waals surface area (Å²) in [5.41, 5.74) is 1.69. The molecule has 124 valence electrons. The molecule has 1 aromatic carbocycles. The molecule has 5 nitrogen and oxygen atoms in total. The number of rotatable bonds is 4. The maximum absolute atomic E-state index is 12.4. The zero-order valence-corrected chi connectivity index (χ0v) is 13.9. The molecule has 3 rings (SSSR count). The molecule has 0 atom stereocenters. The molecule has 0 unspecified atom stereocenters. The molecule has 2 aromatic rings. The summed E-state index contributed by atoms with van der Waals surface area (Å²) in [6.07, 6.45) is 3.57. The Bertz CT molecular complexity index is 740. The van der Waals surface area contributed by atoms with Crippen LogP contribution in [-0.2, 0) is 6.54 Å². The molecular formula is C18H18ClN3O2. The molecule has 6 heteroatoms. The second-order valence-electron chi connectivity index (χ2n) is 5.74. The van der Waals surface area contributed by atoms with Gasteiger partial charge in [-0.1, -0.05) is 23.7 Å². The fraction of sp³-hybridized carbons (Fsp3) is 0.278. The summed E-state index contributed by atoms with van der Waals surface area (Å²) in [6, 6.07) is 10.5. The lowest BCUT2D eigenvalue weighted by Crippen LogP contribution is -2.28. The van der Waals surface area contributed by atoms with Gasteiger partial charge in [-0.2, -0.15) is 0 Å². The number of nitrogens with zero attached hydrogens (tertiary/aromatic N) is 2. The van der Waals surface area contributed by atoms with Crippen LogP contribution >= 0.6 is 11.6 Å². The van der Waals surface area contributed by atoms with E-state index in [1.807, 2.05) is 17.0 Å². The molecule has 0 radical (unpaired) electrons. The van der Waals surface area contributed by atoms with Crippen LogP contribution in [0.15, 0.2) is 42.6 Å². The number of hydrogen-bond acceptors (Lipinski definition) is 3. The Kier molecular flexibility index (Phi) is 5.11. The summed E-state index contributed by atoms with van der Waals surface area (Å²) in [7, 11) is 0. The minimum Gasteiger partial charge on any atom is -0.347 e. The highest BCUT2D eigenvalue weighted by Gasteiger charge is 2.20. The summed E-state index contributed by atoms with van der Waals surface area (Å²) in [6.45, 7) is 1.93. The molecular weight excluding hydrogens is 326 g/mol. The molecule has 1 aromatic heterocycles. The average Bonchev–Trinajstić information content (AvgIpc) is 3.15. The van der Waals surface area contributed by atoms with Crippen LogP contribution in [0.1, 0.15) is 39.3 Å². The van der Waals surface area contributed by atoms with Crippen LogP contribution in [0.4, 0.5) is 0 Å². The zero-order valence-electron chi connectivity index (χ0n) is 13.2. The Labute approximate surface area is 145 Å². The number of likely N-dealkylation sites (tertiary alicyclic amines) is 1. The summed E-state index contributed by atoms with van der Waals surface area (Å²) < 4.78 is 0. The summed E-state index contributed by atoms with van der Waals surface area (Å²) in [5.74, 6) is -0.345. The van der Waals surface area contributed by atoms with E-state index in [1.54, 1.807) is 24.3 Å². The third-order valence-corrected chi connectivity index (χ3v) is 4.25. The monoisotopic (exact) mass is 343 g/mol. The Morgan fingerprint density at radius 2 is 1.83 bits per heavy atom. The van der Waals surface area contributed by atoms with Crippen molar-refractivity contribution in [3.63, 3.8) is 0 Å². The van der Waals surface area contributed by atoms with Crippen LogP contribution < -0.4 is 5.32 Å². The number of carbonyl (C=O) groups is 2. The number of aromatic nitrogens is 1. The van der Waals surface area contributed by atoms with Gasteiger partial charge in [0.15, 0.2) is 0 Å². The lowest BCUT2D eigenvalue weighted by molar-refractivity contribution is 0.0792. The smallest absolute Gasteiger partial charge is 0.270 e. The van der Waals surface area contributed by atoms with Crippen molar-refractivity contribution in [3.05, 3.63) is 64.4 Å². The van der Waals surface area contributed by atoms with Crippen molar-refractivity contribution in [2.45, 2.75) is 19.4 Å². The third kappa shape index (κ3) is 3.92. The largest absolute Gasteiger partial charge is 0.347 e. The van der Waals surface area contributed by atoms with Gasteiger partial charge in [0, 0.05) is 36.4 Å². The van der Waals surface area contributed by atoms with E-state index >= 15 is 0 Å². The number of pyridine rings is 1. The topological polar surface area (TPSA) is 62.3 Å². The van der Waals surface area contributed by atoms with E-state index in [0.717, 1.165) is 31.5 Å². The zero-order chi connectivity index (χ0) is 16.9. The number of carbonyl (C=O) groups excluding carboxylic acids is 2. The van der Waals surface area contributed by atoms with Crippen LogP contribution in [0.3, 0.4) is 0 Å². The molecule has 1 N–H and O–H groups in total. The fourth-order valence-corrected chi connectivity index (χ4v) is 2.79. The Morgan fingerprint density at radius 1 is 1.12 bits per heavy atom. The van der Waals surface area contributed by atoms with Crippen molar-refractivity contribution in [3.8, 4) is 0 Å². The molecule has 2 amide bonds. The van der Waals surface area contributed by atoms with Crippen molar-refractivity contribution in [2.75, 3.05) is 13.1 Å². The standard InChI is InChI=1S/C18H18ClN3O2/c19-15-5-3-13(4-6-15)12-21-17(23)16-11-14(7-8-20-16)18(24)22-9-1-2-10-22/h3-8,11H,1-2,9-10,12H2,(H,21,23). The van der Waals surface area contributed by atoms with E-state index in [0.29, 0.717) is 17.1 Å². The molecule has 0 saturated carbocycles. The maximum atomic E-state index is 12.4. The molecule has 1 aliphatic rings. The molecule has 1 aliphatic heterocycles. The van der Waals surface area contributed by atoms with E-state index in [9.17, 15) is 9.59 Å². The van der Waals surface area contributed by atoms with Crippen LogP contribution in [0.2, 0.25) is 5.02 Å². The predicted molar refractivity (Wildman–Crippen MR) is 92.0 cm³/mol. The third-order valence-electron chi connectivity index (χ3n) is 4.00. The SMILES string of the molecule is O=C(NCc1ccc(Cl)cc1)c1cc(C(=O)N2CCCC2)ccn1. The minimum atomic E-state index is -0.305. The average molecular weight is 344 g/mol. The van der Waals surface area contributed by atoms with E-state index in [-0.39, 0.29) is 17.5 Å². The Morgan fingerprint density at radius 3 is 2.54 bits per heavy atom. The van der Waals surface area contributed by atoms with Gasteiger partial charge in [0.2, 0.25) is 0 Å². The van der Waals surface area contributed by atoms with Crippen molar-refractivity contribution in [1.82, 2.24) is 15.2 Å². The van der Waals surface area contributed by atoms with Gasteiger partial charge in [0.1, 0.15) is 5.69 Å². The van der Waals surface area contributed by atoms with Gasteiger partial charge >= 0.3 is 0 Å². The summed E-state index contributed by atoms with van der Waals surface area (Å²) >= 11 is 5.84. The highest BCUT2D eigenvalue weighted by atomic mass is 35.5. The molecule has 0 bridgehead atoms. The van der Waals surface area contributed by atoms with Crippen molar-refractivity contribution >= 4 is 23.4 Å². The summed E-state index contributed by atoms with van der Waals surface area (Å²) in [4.78, 5) is 30.5. The normalized spacial score (nSPS) is 13.8. The Balaban J connectivity index is 1.65. The second kappa shape index (κ2) is 7.45. The van der Waals surface area contributed by atoms with E-state index < -0.39 is 0 Å². The highest BCUT2D eigenvalue weighted by molar-refractivity contribution is 6.30. The molecule has 1 fully saturated rings. The van der Waals surface area contributed by atoms with Crippen LogP contribution in [0.5, 0.6) is 0 Å². The van der Waals surface area contributed by atoms with Crippen molar-refractivity contribution in [2.24, 2.45) is 0 Å². The van der Waals surface area contributed by atoms with Crippen molar-refractivity contribution < 1.29 is 9.59 Å². The first kappa shape index (κ1) is 16.5. The van der Waals surface area contributed by atoms with E-state index in [2.05, 4.69) is 10.3 Å². The Hall–Kier alpha value is -2.40. The summed E-state index contributed by atoms with van der Waals surface area (Å²) in [5, 5.41) is 3.45. The van der Waals surface area contributed by atoms with E-state index in [4.69, 9.17) is 11.6 Å². The van der Waals surface area contributed by atoms with Gasteiger partial charge in [-0.3, -0.25) is 14.6 Å². The number of nitrogens with one attached hydrogen (secondary N) is 1. The van der Waals surface area contributed by atoms with Gasteiger partial charge in [0.25, 0.3) is 11.8 Å². The van der Waals surface area contributed by atoms with Crippen LogP contribution in [0, 0.1) is 0 Å². The lowest BCUT2D eigenvalue weighted by Gasteiger charge is -2.15. The molecule has 0 spiro atoms. The second-order valence-corrected chi connectivity index (χ2v) is 6.17. The predicted octanol–water partition coefficient (Wildman–Crippen LogP) is 2.90. The minimum absolute atomic E-state index is 0.0401. The first-order valence-electron chi connectivity index (χ1n) is 7.91. The molecule has 24 heavy (non-hydrogen) atoms. The first-order valence-corrected chi connectivity index (χ1v) is 8.29. The van der Waals surface area contributed by atoms with Gasteiger partial charge in [-0.25, -0.2) is 0 Å². The van der Waals surface area contributed by atoms with Gasteiger partial charge in [-0.15, -0.1) is 0 Å². The number of amides is 2. The lowest BCUT2D eigenvalue weighted by atomic mass is 10.2. The first-order chi connectivity index (χ1) is 11.6. The molecule has 2 heterocycles. The number of hydrogen-bond donors (Lipinski definition) is 1. The molecule has 1 saturated heterocycles. The van der Waals surface area contributed by atoms with Gasteiger partial charge in [0.05, 0.1) is 0 Å². The fourth-order valence-electron chi connectivity index (χ4n) is 2.67.